The Labute approximate surface area is 85.2 Å². The van der Waals surface area contributed by atoms with E-state index in [4.69, 9.17) is 5.11 Å². The van der Waals surface area contributed by atoms with E-state index in [-0.39, 0.29) is 17.5 Å². The van der Waals surface area contributed by atoms with E-state index in [1.165, 1.54) is 0 Å². The van der Waals surface area contributed by atoms with Crippen LogP contribution in [0, 0.1) is 0 Å². The molecule has 0 bridgehead atoms. The van der Waals surface area contributed by atoms with Crippen LogP contribution in [0.4, 0.5) is 0 Å². The van der Waals surface area contributed by atoms with Crippen LogP contribution in [0.2, 0.25) is 0 Å². The number of fused-ring (bicyclic) bond motifs is 1. The molecule has 0 fully saturated rings. The summed E-state index contributed by atoms with van der Waals surface area (Å²) in [4.78, 5) is 24.6. The van der Waals surface area contributed by atoms with E-state index in [1.54, 1.807) is 12.1 Å². The Hall–Kier alpha value is -2.10. The molecule has 2 rings (SSSR count). The van der Waals surface area contributed by atoms with Gasteiger partial charge in [-0.3, -0.25) is 9.59 Å². The van der Waals surface area contributed by atoms with Crippen LogP contribution in [0.1, 0.15) is 5.56 Å². The summed E-state index contributed by atoms with van der Waals surface area (Å²) in [7, 11) is 0. The zero-order chi connectivity index (χ0) is 10.8. The summed E-state index contributed by atoms with van der Waals surface area (Å²) in [6, 6.07) is 8.88. The molecule has 4 nitrogen and oxygen atoms in total. The number of aromatic nitrogens is 1. The number of carboxylic acid groups (broad SMARTS) is 1. The summed E-state index contributed by atoms with van der Waals surface area (Å²) >= 11 is 0. The third-order valence-electron chi connectivity index (χ3n) is 2.17. The first-order chi connectivity index (χ1) is 7.16. The van der Waals surface area contributed by atoms with Crippen molar-refractivity contribution in [1.29, 1.82) is 0 Å². The van der Waals surface area contributed by atoms with Gasteiger partial charge in [-0.1, -0.05) is 18.2 Å². The topological polar surface area (TPSA) is 70.2 Å². The van der Waals surface area contributed by atoms with E-state index in [1.807, 2.05) is 18.2 Å². The van der Waals surface area contributed by atoms with Gasteiger partial charge in [-0.25, -0.2) is 0 Å². The number of para-hydroxylation sites is 1. The molecule has 0 aliphatic carbocycles. The number of rotatable bonds is 2. The van der Waals surface area contributed by atoms with Crippen molar-refractivity contribution < 1.29 is 9.90 Å². The van der Waals surface area contributed by atoms with Crippen molar-refractivity contribution in [2.24, 2.45) is 0 Å². The molecule has 2 aromatic rings. The third-order valence-corrected chi connectivity index (χ3v) is 2.17. The fraction of sp³-hybridized carbons (Fsp3) is 0.0909. The molecule has 0 radical (unpaired) electrons. The second-order valence-electron chi connectivity index (χ2n) is 3.28. The number of pyridine rings is 1. The van der Waals surface area contributed by atoms with Gasteiger partial charge in [0.25, 0.3) is 5.56 Å². The minimum absolute atomic E-state index is 0.250. The summed E-state index contributed by atoms with van der Waals surface area (Å²) in [6.45, 7) is 0. The number of hydrogen-bond donors (Lipinski definition) is 2. The summed E-state index contributed by atoms with van der Waals surface area (Å²) < 4.78 is 0. The minimum atomic E-state index is -1.00. The first kappa shape index (κ1) is 9.45. The van der Waals surface area contributed by atoms with Gasteiger partial charge in [0.05, 0.1) is 6.42 Å². The fourth-order valence-electron chi connectivity index (χ4n) is 1.49. The van der Waals surface area contributed by atoms with Gasteiger partial charge in [-0.05, 0) is 17.5 Å². The summed E-state index contributed by atoms with van der Waals surface area (Å²) in [5.41, 5.74) is 0.661. The molecule has 0 unspecified atom stereocenters. The van der Waals surface area contributed by atoms with Crippen molar-refractivity contribution in [3.63, 3.8) is 0 Å². The largest absolute Gasteiger partial charge is 0.481 e. The Balaban J connectivity index is 2.62. The predicted molar refractivity (Wildman–Crippen MR) is 55.9 cm³/mol. The van der Waals surface area contributed by atoms with E-state index in [0.717, 1.165) is 10.9 Å². The fourth-order valence-corrected chi connectivity index (χ4v) is 1.49. The maximum Gasteiger partial charge on any atom is 0.308 e. The summed E-state index contributed by atoms with van der Waals surface area (Å²) in [5, 5.41) is 9.45. The number of H-pyrrole nitrogens is 1. The van der Waals surface area contributed by atoms with E-state index in [2.05, 4.69) is 4.98 Å². The standard InChI is InChI=1S/C11H9NO3/c13-10(14)6-8-5-7-3-1-2-4-9(7)12-11(8)15/h1-5H,6H2,(H,12,15)(H,13,14). The molecule has 0 amide bonds. The monoisotopic (exact) mass is 203 g/mol. The lowest BCUT2D eigenvalue weighted by Gasteiger charge is -2.00. The molecule has 2 N–H and O–H groups in total. The molecule has 0 spiro atoms. The summed E-state index contributed by atoms with van der Waals surface area (Å²) in [5.74, 6) is -1.00. The molecule has 1 aromatic heterocycles. The Kier molecular flexibility index (Phi) is 2.25. The van der Waals surface area contributed by atoms with Crippen LogP contribution in [-0.2, 0) is 11.2 Å². The van der Waals surface area contributed by atoms with Gasteiger partial charge in [-0.2, -0.15) is 0 Å². The lowest BCUT2D eigenvalue weighted by molar-refractivity contribution is -0.136. The summed E-state index contributed by atoms with van der Waals surface area (Å²) in [6.07, 6.45) is -0.250. The van der Waals surface area contributed by atoms with Gasteiger partial charge in [0.2, 0.25) is 0 Å². The van der Waals surface area contributed by atoms with Crippen molar-refractivity contribution in [2.75, 3.05) is 0 Å². The Morgan fingerprint density at radius 2 is 2.07 bits per heavy atom. The van der Waals surface area contributed by atoms with Crippen molar-refractivity contribution >= 4 is 16.9 Å². The number of aliphatic carboxylic acids is 1. The van der Waals surface area contributed by atoms with Crippen LogP contribution in [0.15, 0.2) is 35.1 Å². The Morgan fingerprint density at radius 1 is 1.33 bits per heavy atom. The van der Waals surface area contributed by atoms with Gasteiger partial charge in [0.15, 0.2) is 0 Å². The molecule has 76 valence electrons. The quantitative estimate of drug-likeness (QED) is 0.769. The van der Waals surface area contributed by atoms with Gasteiger partial charge in [0, 0.05) is 11.1 Å². The zero-order valence-electron chi connectivity index (χ0n) is 7.86. The van der Waals surface area contributed by atoms with Gasteiger partial charge in [-0.15, -0.1) is 0 Å². The average molecular weight is 203 g/mol. The van der Waals surface area contributed by atoms with Gasteiger partial charge in [0.1, 0.15) is 0 Å². The Morgan fingerprint density at radius 3 is 2.80 bits per heavy atom. The smallest absolute Gasteiger partial charge is 0.308 e. The molecule has 1 heterocycles. The first-order valence-corrected chi connectivity index (χ1v) is 4.49. The molecule has 4 heteroatoms. The average Bonchev–Trinajstić information content (AvgIpc) is 2.18. The zero-order valence-corrected chi connectivity index (χ0v) is 7.86. The molecular weight excluding hydrogens is 194 g/mol. The van der Waals surface area contributed by atoms with Gasteiger partial charge < -0.3 is 10.1 Å². The lowest BCUT2D eigenvalue weighted by atomic mass is 10.1. The van der Waals surface area contributed by atoms with E-state index in [0.29, 0.717) is 0 Å². The molecule has 1 aromatic carbocycles. The number of carboxylic acids is 1. The second kappa shape index (κ2) is 3.57. The van der Waals surface area contributed by atoms with E-state index in [9.17, 15) is 9.59 Å². The normalized spacial score (nSPS) is 10.4. The van der Waals surface area contributed by atoms with Crippen LogP contribution in [0.3, 0.4) is 0 Å². The van der Waals surface area contributed by atoms with Crippen LogP contribution in [0.25, 0.3) is 10.9 Å². The number of carbonyl (C=O) groups is 1. The molecule has 0 aliphatic heterocycles. The van der Waals surface area contributed by atoms with Crippen molar-refractivity contribution in [3.8, 4) is 0 Å². The second-order valence-corrected chi connectivity index (χ2v) is 3.28. The van der Waals surface area contributed by atoms with Crippen LogP contribution >= 0.6 is 0 Å². The maximum atomic E-state index is 11.4. The highest BCUT2D eigenvalue weighted by molar-refractivity contribution is 5.80. The molecule has 15 heavy (non-hydrogen) atoms. The van der Waals surface area contributed by atoms with Crippen molar-refractivity contribution in [3.05, 3.63) is 46.2 Å². The van der Waals surface area contributed by atoms with Crippen LogP contribution in [-0.4, -0.2) is 16.1 Å². The lowest BCUT2D eigenvalue weighted by Crippen LogP contribution is -2.15. The van der Waals surface area contributed by atoms with E-state index < -0.39 is 5.97 Å². The highest BCUT2D eigenvalue weighted by Gasteiger charge is 2.06. The molecule has 0 aliphatic rings. The number of hydrogen-bond acceptors (Lipinski definition) is 2. The van der Waals surface area contributed by atoms with Gasteiger partial charge >= 0.3 is 5.97 Å². The van der Waals surface area contributed by atoms with Crippen molar-refractivity contribution in [2.45, 2.75) is 6.42 Å². The van der Waals surface area contributed by atoms with E-state index >= 15 is 0 Å². The number of nitrogens with one attached hydrogen (secondary N) is 1. The molecule has 0 saturated heterocycles. The minimum Gasteiger partial charge on any atom is -0.481 e. The SMILES string of the molecule is O=C(O)Cc1cc2ccccc2[nH]c1=O. The predicted octanol–water partition coefficient (Wildman–Crippen LogP) is 1.16. The number of aromatic amines is 1. The van der Waals surface area contributed by atoms with Crippen LogP contribution in [0.5, 0.6) is 0 Å². The maximum absolute atomic E-state index is 11.4. The third kappa shape index (κ3) is 1.88. The molecule has 0 saturated carbocycles. The highest BCUT2D eigenvalue weighted by atomic mass is 16.4. The van der Waals surface area contributed by atoms with Crippen molar-refractivity contribution in [1.82, 2.24) is 4.98 Å². The number of benzene rings is 1. The first-order valence-electron chi connectivity index (χ1n) is 4.49. The highest BCUT2D eigenvalue weighted by Crippen LogP contribution is 2.10. The molecular formula is C11H9NO3. The Bertz CT molecular complexity index is 571. The van der Waals surface area contributed by atoms with Crippen LogP contribution < -0.4 is 5.56 Å². The molecule has 0 atom stereocenters.